The maximum atomic E-state index is 13.1. The summed E-state index contributed by atoms with van der Waals surface area (Å²) in [6.07, 6.45) is 2.76. The fourth-order valence-corrected chi connectivity index (χ4v) is 3.64. The summed E-state index contributed by atoms with van der Waals surface area (Å²) in [6, 6.07) is 22.2. The van der Waals surface area contributed by atoms with Crippen LogP contribution in [0, 0.1) is 0 Å². The third-order valence-corrected chi connectivity index (χ3v) is 5.09. The maximum Gasteiger partial charge on any atom is 0.276 e. The van der Waals surface area contributed by atoms with Crippen molar-refractivity contribution in [3.05, 3.63) is 89.7 Å². The molecular weight excluding hydrogens is 334 g/mol. The zero-order valence-corrected chi connectivity index (χ0v) is 15.5. The van der Waals surface area contributed by atoms with Gasteiger partial charge in [-0.05, 0) is 48.7 Å². The van der Waals surface area contributed by atoms with Crippen molar-refractivity contribution in [3.63, 3.8) is 0 Å². The van der Waals surface area contributed by atoms with Crippen LogP contribution in [0.25, 0.3) is 0 Å². The summed E-state index contributed by atoms with van der Waals surface area (Å²) in [4.78, 5) is 21.5. The predicted molar refractivity (Wildman–Crippen MR) is 109 cm³/mol. The highest BCUT2D eigenvalue weighted by Gasteiger charge is 2.20. The maximum absolute atomic E-state index is 13.1. The summed E-state index contributed by atoms with van der Waals surface area (Å²) in [7, 11) is 0. The van der Waals surface area contributed by atoms with Crippen LogP contribution < -0.4 is 9.80 Å². The van der Waals surface area contributed by atoms with Crippen molar-refractivity contribution in [2.45, 2.75) is 19.9 Å². The molecule has 0 saturated carbocycles. The molecule has 0 atom stereocenters. The van der Waals surface area contributed by atoms with Crippen LogP contribution >= 0.6 is 0 Å². The highest BCUT2D eigenvalue weighted by atomic mass is 16.2. The van der Waals surface area contributed by atoms with Crippen LogP contribution in [0.3, 0.4) is 0 Å². The van der Waals surface area contributed by atoms with Gasteiger partial charge in [-0.3, -0.25) is 9.78 Å². The van der Waals surface area contributed by atoms with E-state index in [1.165, 1.54) is 11.1 Å². The Morgan fingerprint density at radius 1 is 1.04 bits per heavy atom. The first kappa shape index (κ1) is 17.3. The van der Waals surface area contributed by atoms with E-state index in [0.717, 1.165) is 30.9 Å². The molecule has 0 unspecified atom stereocenters. The highest BCUT2D eigenvalue weighted by molar-refractivity contribution is 6.05. The summed E-state index contributed by atoms with van der Waals surface area (Å²) in [5.41, 5.74) is 5.20. The molecule has 0 fully saturated rings. The molecule has 0 aliphatic carbocycles. The number of benzene rings is 2. The molecule has 136 valence electrons. The fraction of sp³-hybridized carbons (Fsp3) is 0.217. The molecule has 2 heterocycles. The summed E-state index contributed by atoms with van der Waals surface area (Å²) >= 11 is 0. The largest absolute Gasteiger partial charge is 0.367 e. The molecule has 1 amide bonds. The van der Waals surface area contributed by atoms with E-state index in [9.17, 15) is 4.79 Å². The lowest BCUT2D eigenvalue weighted by molar-refractivity contribution is 0.0983. The number of fused-ring (bicyclic) bond motifs is 1. The number of rotatable bonds is 4. The van der Waals surface area contributed by atoms with Gasteiger partial charge in [-0.15, -0.1) is 0 Å². The molecule has 0 radical (unpaired) electrons. The number of pyridine rings is 1. The topological polar surface area (TPSA) is 36.4 Å². The number of hydrogen-bond donors (Lipinski definition) is 0. The van der Waals surface area contributed by atoms with Crippen molar-refractivity contribution in [2.24, 2.45) is 0 Å². The van der Waals surface area contributed by atoms with E-state index in [0.29, 0.717) is 12.2 Å². The van der Waals surface area contributed by atoms with Gasteiger partial charge >= 0.3 is 0 Å². The standard InChI is InChI=1S/C23H23N3O/c1-2-26(20-10-4-3-5-11-20)23(27)22-16-21(12-14-24-22)25-15-13-18-8-6-7-9-19(18)17-25/h3-12,14,16H,2,13,15,17H2,1H3. The van der Waals surface area contributed by atoms with E-state index < -0.39 is 0 Å². The van der Waals surface area contributed by atoms with Gasteiger partial charge in [0.1, 0.15) is 5.69 Å². The van der Waals surface area contributed by atoms with Gasteiger partial charge in [0, 0.05) is 37.2 Å². The number of amides is 1. The van der Waals surface area contributed by atoms with Crippen LogP contribution in [0.2, 0.25) is 0 Å². The van der Waals surface area contributed by atoms with E-state index in [-0.39, 0.29) is 5.91 Å². The Hall–Kier alpha value is -3.14. The van der Waals surface area contributed by atoms with Crippen molar-refractivity contribution in [3.8, 4) is 0 Å². The predicted octanol–water partition coefficient (Wildman–Crippen LogP) is 4.31. The quantitative estimate of drug-likeness (QED) is 0.698. The van der Waals surface area contributed by atoms with E-state index in [1.807, 2.05) is 49.4 Å². The molecular formula is C23H23N3O. The number of anilines is 2. The van der Waals surface area contributed by atoms with Crippen molar-refractivity contribution >= 4 is 17.3 Å². The summed E-state index contributed by atoms with van der Waals surface area (Å²) in [5, 5.41) is 0. The molecule has 4 rings (SSSR count). The Kier molecular flexibility index (Phi) is 4.88. The van der Waals surface area contributed by atoms with Gasteiger partial charge < -0.3 is 9.80 Å². The van der Waals surface area contributed by atoms with Crippen molar-refractivity contribution in [2.75, 3.05) is 22.9 Å². The molecule has 4 nitrogen and oxygen atoms in total. The molecule has 0 saturated heterocycles. The van der Waals surface area contributed by atoms with Crippen LogP contribution in [0.4, 0.5) is 11.4 Å². The SMILES string of the molecule is CCN(C(=O)c1cc(N2CCc3ccccc3C2)ccn1)c1ccccc1. The molecule has 1 aliphatic rings. The van der Waals surface area contributed by atoms with Gasteiger partial charge in [-0.2, -0.15) is 0 Å². The zero-order chi connectivity index (χ0) is 18.6. The minimum Gasteiger partial charge on any atom is -0.367 e. The van der Waals surface area contributed by atoms with Gasteiger partial charge in [0.2, 0.25) is 0 Å². The van der Waals surface area contributed by atoms with Crippen LogP contribution in [0.5, 0.6) is 0 Å². The Bertz CT molecular complexity index is 939. The molecule has 4 heteroatoms. The molecule has 1 aromatic heterocycles. The average Bonchev–Trinajstić information content (AvgIpc) is 2.75. The highest BCUT2D eigenvalue weighted by Crippen LogP contribution is 2.25. The van der Waals surface area contributed by atoms with E-state index >= 15 is 0 Å². The first-order chi connectivity index (χ1) is 13.3. The van der Waals surface area contributed by atoms with Crippen molar-refractivity contribution in [1.29, 1.82) is 0 Å². The molecule has 3 aromatic rings. The van der Waals surface area contributed by atoms with Crippen molar-refractivity contribution in [1.82, 2.24) is 4.98 Å². The smallest absolute Gasteiger partial charge is 0.276 e. The lowest BCUT2D eigenvalue weighted by Crippen LogP contribution is -2.33. The number of carbonyl (C=O) groups is 1. The minimum atomic E-state index is -0.0667. The molecule has 2 aromatic carbocycles. The average molecular weight is 357 g/mol. The minimum absolute atomic E-state index is 0.0667. The van der Waals surface area contributed by atoms with Crippen LogP contribution in [0.1, 0.15) is 28.5 Å². The Labute approximate surface area is 160 Å². The molecule has 1 aliphatic heterocycles. The van der Waals surface area contributed by atoms with Gasteiger partial charge in [0.25, 0.3) is 5.91 Å². The van der Waals surface area contributed by atoms with E-state index in [4.69, 9.17) is 0 Å². The molecule has 0 bridgehead atoms. The lowest BCUT2D eigenvalue weighted by atomic mass is 9.99. The third kappa shape index (κ3) is 3.56. The summed E-state index contributed by atoms with van der Waals surface area (Å²) in [6.45, 7) is 4.40. The Balaban J connectivity index is 1.58. The summed E-state index contributed by atoms with van der Waals surface area (Å²) < 4.78 is 0. The molecule has 27 heavy (non-hydrogen) atoms. The normalized spacial score (nSPS) is 13.1. The zero-order valence-electron chi connectivity index (χ0n) is 15.5. The first-order valence-corrected chi connectivity index (χ1v) is 9.41. The monoisotopic (exact) mass is 357 g/mol. The van der Waals surface area contributed by atoms with Crippen LogP contribution in [-0.4, -0.2) is 24.0 Å². The number of carbonyl (C=O) groups excluding carboxylic acids is 1. The second-order valence-corrected chi connectivity index (χ2v) is 6.72. The Morgan fingerprint density at radius 3 is 2.56 bits per heavy atom. The summed E-state index contributed by atoms with van der Waals surface area (Å²) in [5.74, 6) is -0.0667. The molecule has 0 spiro atoms. The second-order valence-electron chi connectivity index (χ2n) is 6.72. The molecule has 0 N–H and O–H groups in total. The van der Waals surface area contributed by atoms with Crippen LogP contribution in [-0.2, 0) is 13.0 Å². The first-order valence-electron chi connectivity index (χ1n) is 9.41. The van der Waals surface area contributed by atoms with E-state index in [2.05, 4.69) is 34.1 Å². The number of hydrogen-bond acceptors (Lipinski definition) is 3. The van der Waals surface area contributed by atoms with Crippen LogP contribution in [0.15, 0.2) is 72.9 Å². The van der Waals surface area contributed by atoms with Gasteiger partial charge in [-0.25, -0.2) is 0 Å². The van der Waals surface area contributed by atoms with Gasteiger partial charge in [0.15, 0.2) is 0 Å². The van der Waals surface area contributed by atoms with Gasteiger partial charge in [0.05, 0.1) is 0 Å². The number of aromatic nitrogens is 1. The second kappa shape index (κ2) is 7.62. The van der Waals surface area contributed by atoms with Crippen molar-refractivity contribution < 1.29 is 4.79 Å². The van der Waals surface area contributed by atoms with E-state index in [1.54, 1.807) is 11.1 Å². The third-order valence-electron chi connectivity index (χ3n) is 5.09. The lowest BCUT2D eigenvalue weighted by Gasteiger charge is -2.31. The number of para-hydroxylation sites is 1. The van der Waals surface area contributed by atoms with Gasteiger partial charge in [-0.1, -0.05) is 42.5 Å². The Morgan fingerprint density at radius 2 is 1.78 bits per heavy atom. The fourth-order valence-electron chi connectivity index (χ4n) is 3.64. The number of nitrogens with zero attached hydrogens (tertiary/aromatic N) is 3.